The predicted molar refractivity (Wildman–Crippen MR) is 76.4 cm³/mol. The fourth-order valence-electron chi connectivity index (χ4n) is 2.06. The van der Waals surface area contributed by atoms with Gasteiger partial charge in [0.25, 0.3) is 5.69 Å². The highest BCUT2D eigenvalue weighted by Crippen LogP contribution is 2.31. The Balaban J connectivity index is 1.98. The molecule has 0 unspecified atom stereocenters. The van der Waals surface area contributed by atoms with Crippen molar-refractivity contribution in [1.29, 1.82) is 0 Å². The van der Waals surface area contributed by atoms with Crippen molar-refractivity contribution in [3.8, 4) is 0 Å². The van der Waals surface area contributed by atoms with Crippen LogP contribution in [0.15, 0.2) is 18.2 Å². The third-order valence-electron chi connectivity index (χ3n) is 3.08. The van der Waals surface area contributed by atoms with Gasteiger partial charge in [-0.25, -0.2) is 9.78 Å². The van der Waals surface area contributed by atoms with E-state index >= 15 is 0 Å². The number of carbonyl (C=O) groups excluding carboxylic acids is 2. The molecule has 1 N–H and O–H groups in total. The minimum atomic E-state index is -0.508. The molecule has 2 aromatic rings. The van der Waals surface area contributed by atoms with Gasteiger partial charge in [-0.05, 0) is 12.5 Å². The molecular weight excluding hydrogens is 296 g/mol. The molecule has 0 radical (unpaired) electrons. The van der Waals surface area contributed by atoms with Crippen molar-refractivity contribution < 1.29 is 14.5 Å². The maximum Gasteiger partial charge on any atom is 0.330 e. The number of aromatic nitrogens is 1. The molecule has 3 amide bonds. The van der Waals surface area contributed by atoms with Gasteiger partial charge in [0.05, 0.1) is 15.1 Å². The minimum absolute atomic E-state index is 0.0202. The molecule has 0 aliphatic carbocycles. The maximum atomic E-state index is 11.9. The van der Waals surface area contributed by atoms with E-state index < -0.39 is 11.0 Å². The number of carbonyl (C=O) groups is 2. The Labute approximate surface area is 122 Å². The molecule has 1 aliphatic rings. The number of anilines is 1. The average Bonchev–Trinajstić information content (AvgIpc) is 2.77. The standard InChI is InChI=1S/C12H10N4O4S/c17-10-2-1-5-15(11(18)14-10)12-13-8-4-3-7(16(19)20)6-9(8)21-12/h3-4,6H,1-2,5H2,(H,14,17,18). The van der Waals surface area contributed by atoms with Crippen LogP contribution in [-0.4, -0.2) is 28.4 Å². The number of hydrogen-bond donors (Lipinski definition) is 1. The number of hydrogen-bond acceptors (Lipinski definition) is 6. The molecule has 0 atom stereocenters. The number of benzene rings is 1. The molecule has 2 heterocycles. The Bertz CT molecular complexity index is 757. The summed E-state index contributed by atoms with van der Waals surface area (Å²) in [4.78, 5) is 39.2. The second-order valence-electron chi connectivity index (χ2n) is 4.51. The summed E-state index contributed by atoms with van der Waals surface area (Å²) in [5, 5.41) is 13.5. The van der Waals surface area contributed by atoms with Crippen molar-refractivity contribution in [2.75, 3.05) is 11.4 Å². The number of rotatable bonds is 2. The lowest BCUT2D eigenvalue weighted by Gasteiger charge is -2.15. The highest BCUT2D eigenvalue weighted by atomic mass is 32.1. The predicted octanol–water partition coefficient (Wildman–Crippen LogP) is 2.04. The topological polar surface area (TPSA) is 105 Å². The molecular formula is C12H10N4O4S. The van der Waals surface area contributed by atoms with Crippen LogP contribution in [0.1, 0.15) is 12.8 Å². The molecule has 0 spiro atoms. The number of urea groups is 1. The molecule has 21 heavy (non-hydrogen) atoms. The van der Waals surface area contributed by atoms with Gasteiger partial charge in [0.1, 0.15) is 0 Å². The fraction of sp³-hybridized carbons (Fsp3) is 0.250. The average molecular weight is 306 g/mol. The SMILES string of the molecule is O=C1CCCN(c2nc3ccc([N+](=O)[O-])cc3s2)C(=O)N1. The maximum absolute atomic E-state index is 11.9. The number of thiazole rings is 1. The number of fused-ring (bicyclic) bond motifs is 1. The van der Waals surface area contributed by atoms with Crippen LogP contribution < -0.4 is 10.2 Å². The van der Waals surface area contributed by atoms with Gasteiger partial charge in [-0.3, -0.25) is 25.1 Å². The summed E-state index contributed by atoms with van der Waals surface area (Å²) in [5.41, 5.74) is 0.567. The van der Waals surface area contributed by atoms with E-state index in [4.69, 9.17) is 0 Å². The summed E-state index contributed by atoms with van der Waals surface area (Å²) >= 11 is 1.19. The molecule has 3 rings (SSSR count). The first kappa shape index (κ1) is 13.4. The zero-order valence-electron chi connectivity index (χ0n) is 10.7. The summed E-state index contributed by atoms with van der Waals surface area (Å²) in [6.45, 7) is 0.388. The van der Waals surface area contributed by atoms with Crippen molar-refractivity contribution in [2.45, 2.75) is 12.8 Å². The van der Waals surface area contributed by atoms with Crippen LogP contribution in [0.3, 0.4) is 0 Å². The van der Waals surface area contributed by atoms with Crippen LogP contribution in [0.2, 0.25) is 0 Å². The Morgan fingerprint density at radius 3 is 2.95 bits per heavy atom. The molecule has 1 aromatic heterocycles. The van der Waals surface area contributed by atoms with E-state index in [2.05, 4.69) is 10.3 Å². The van der Waals surface area contributed by atoms with Gasteiger partial charge in [-0.15, -0.1) is 0 Å². The van der Waals surface area contributed by atoms with E-state index in [1.54, 1.807) is 6.07 Å². The number of nitrogens with zero attached hydrogens (tertiary/aromatic N) is 3. The van der Waals surface area contributed by atoms with Crippen molar-refractivity contribution in [3.05, 3.63) is 28.3 Å². The second-order valence-corrected chi connectivity index (χ2v) is 5.52. The lowest BCUT2D eigenvalue weighted by atomic mass is 10.3. The molecule has 0 bridgehead atoms. The van der Waals surface area contributed by atoms with E-state index in [0.29, 0.717) is 34.7 Å². The smallest absolute Gasteiger partial charge is 0.278 e. The van der Waals surface area contributed by atoms with Crippen LogP contribution >= 0.6 is 11.3 Å². The molecule has 8 nitrogen and oxygen atoms in total. The Morgan fingerprint density at radius 1 is 1.38 bits per heavy atom. The summed E-state index contributed by atoms with van der Waals surface area (Å²) in [6, 6.07) is 3.84. The van der Waals surface area contributed by atoms with Gasteiger partial charge in [-0.2, -0.15) is 0 Å². The second kappa shape index (κ2) is 5.09. The summed E-state index contributed by atoms with van der Waals surface area (Å²) < 4.78 is 0.627. The van der Waals surface area contributed by atoms with Gasteiger partial charge in [0.2, 0.25) is 5.91 Å². The normalized spacial score (nSPS) is 15.9. The zero-order valence-corrected chi connectivity index (χ0v) is 11.6. The number of nitrogens with one attached hydrogen (secondary N) is 1. The van der Waals surface area contributed by atoms with Crippen LogP contribution in [0, 0.1) is 10.1 Å². The van der Waals surface area contributed by atoms with E-state index in [9.17, 15) is 19.7 Å². The first-order valence-electron chi connectivity index (χ1n) is 6.21. The number of amides is 3. The first-order valence-corrected chi connectivity index (χ1v) is 7.02. The Morgan fingerprint density at radius 2 is 2.19 bits per heavy atom. The lowest BCUT2D eigenvalue weighted by Crippen LogP contribution is -2.40. The van der Waals surface area contributed by atoms with Gasteiger partial charge >= 0.3 is 6.03 Å². The molecule has 1 aromatic carbocycles. The fourth-order valence-corrected chi connectivity index (χ4v) is 3.08. The molecule has 1 aliphatic heterocycles. The monoisotopic (exact) mass is 306 g/mol. The van der Waals surface area contributed by atoms with E-state index in [1.165, 1.54) is 28.4 Å². The molecule has 1 fully saturated rings. The number of imide groups is 1. The van der Waals surface area contributed by atoms with Gasteiger partial charge in [0.15, 0.2) is 5.13 Å². The number of non-ortho nitro benzene ring substituents is 1. The van der Waals surface area contributed by atoms with Gasteiger partial charge in [-0.1, -0.05) is 11.3 Å². The van der Waals surface area contributed by atoms with Crippen LogP contribution in [-0.2, 0) is 4.79 Å². The Kier molecular flexibility index (Phi) is 3.26. The molecule has 1 saturated heterocycles. The van der Waals surface area contributed by atoms with Crippen molar-refractivity contribution in [2.24, 2.45) is 0 Å². The van der Waals surface area contributed by atoms with Crippen LogP contribution in [0.25, 0.3) is 10.2 Å². The summed E-state index contributed by atoms with van der Waals surface area (Å²) in [5.74, 6) is -0.306. The first-order chi connectivity index (χ1) is 10.0. The summed E-state index contributed by atoms with van der Waals surface area (Å²) in [6.07, 6.45) is 0.840. The molecule has 9 heteroatoms. The van der Waals surface area contributed by atoms with E-state index in [1.807, 2.05) is 0 Å². The largest absolute Gasteiger partial charge is 0.330 e. The van der Waals surface area contributed by atoms with Crippen LogP contribution in [0.5, 0.6) is 0 Å². The van der Waals surface area contributed by atoms with Crippen molar-refractivity contribution in [1.82, 2.24) is 10.3 Å². The van der Waals surface area contributed by atoms with E-state index in [-0.39, 0.29) is 11.6 Å². The van der Waals surface area contributed by atoms with Gasteiger partial charge in [0, 0.05) is 25.1 Å². The third-order valence-corrected chi connectivity index (χ3v) is 4.12. The number of nitro groups is 1. The third kappa shape index (κ3) is 2.55. The highest BCUT2D eigenvalue weighted by Gasteiger charge is 2.24. The molecule has 0 saturated carbocycles. The van der Waals surface area contributed by atoms with E-state index in [0.717, 1.165) is 0 Å². The van der Waals surface area contributed by atoms with Crippen LogP contribution in [0.4, 0.5) is 15.6 Å². The van der Waals surface area contributed by atoms with Gasteiger partial charge < -0.3 is 0 Å². The Hall–Kier alpha value is -2.55. The minimum Gasteiger partial charge on any atom is -0.278 e. The lowest BCUT2D eigenvalue weighted by molar-refractivity contribution is -0.384. The van der Waals surface area contributed by atoms with Crippen molar-refractivity contribution >= 4 is 44.3 Å². The molecule has 108 valence electrons. The quantitative estimate of drug-likeness (QED) is 0.675. The zero-order chi connectivity index (χ0) is 15.0. The summed E-state index contributed by atoms with van der Waals surface area (Å²) in [7, 11) is 0. The number of nitro benzene ring substituents is 1. The van der Waals surface area contributed by atoms with Crippen molar-refractivity contribution in [3.63, 3.8) is 0 Å². The highest BCUT2D eigenvalue weighted by molar-refractivity contribution is 7.22.